The van der Waals surface area contributed by atoms with Crippen LogP contribution in [0.3, 0.4) is 0 Å². The molecule has 19 heavy (non-hydrogen) atoms. The summed E-state index contributed by atoms with van der Waals surface area (Å²) in [6.07, 6.45) is 3.74. The van der Waals surface area contributed by atoms with E-state index >= 15 is 0 Å². The second-order valence-corrected chi connectivity index (χ2v) is 5.57. The Balaban J connectivity index is 2.33. The van der Waals surface area contributed by atoms with Crippen LogP contribution in [0.15, 0.2) is 30.5 Å². The highest BCUT2D eigenvalue weighted by molar-refractivity contribution is 7.99. The maximum atomic E-state index is 9.34. The number of aliphatic hydroxyl groups is 1. The van der Waals surface area contributed by atoms with Crippen molar-refractivity contribution in [2.45, 2.75) is 18.2 Å². The van der Waals surface area contributed by atoms with E-state index in [1.807, 2.05) is 30.5 Å². The largest absolute Gasteiger partial charge is 0.397 e. The number of nitrogens with two attached hydrogens (primary N) is 1. The zero-order valence-electron chi connectivity index (χ0n) is 11.1. The summed E-state index contributed by atoms with van der Waals surface area (Å²) < 4.78 is 0. The van der Waals surface area contributed by atoms with Crippen LogP contribution in [0, 0.1) is 0 Å². The number of hydrogen-bond donors (Lipinski definition) is 3. The van der Waals surface area contributed by atoms with Crippen molar-refractivity contribution in [2.75, 3.05) is 23.9 Å². The first-order valence-corrected chi connectivity index (χ1v) is 7.49. The van der Waals surface area contributed by atoms with E-state index in [2.05, 4.69) is 17.2 Å². The summed E-state index contributed by atoms with van der Waals surface area (Å²) in [5, 5.41) is 13.9. The standard InChI is InChI=1S/C14H19N3OS/c1-9(13(8-18)19-2)17-12-6-5-11(15)14-10(12)4-3-7-16-14/h3-7,9,13,17-18H,8,15H2,1-2H3. The number of rotatable bonds is 5. The number of fused-ring (bicyclic) bond motifs is 1. The van der Waals surface area contributed by atoms with Crippen molar-refractivity contribution in [3.8, 4) is 0 Å². The lowest BCUT2D eigenvalue weighted by Gasteiger charge is -2.23. The second kappa shape index (κ2) is 6.12. The number of benzene rings is 1. The molecule has 1 aromatic heterocycles. The zero-order chi connectivity index (χ0) is 13.8. The van der Waals surface area contributed by atoms with E-state index in [0.717, 1.165) is 16.6 Å². The molecule has 102 valence electrons. The number of aromatic nitrogens is 1. The van der Waals surface area contributed by atoms with Crippen LogP contribution in [-0.4, -0.2) is 34.2 Å². The van der Waals surface area contributed by atoms with Crippen LogP contribution < -0.4 is 11.1 Å². The van der Waals surface area contributed by atoms with Gasteiger partial charge in [-0.1, -0.05) is 0 Å². The highest BCUT2D eigenvalue weighted by Gasteiger charge is 2.16. The van der Waals surface area contributed by atoms with Gasteiger partial charge in [0.2, 0.25) is 0 Å². The van der Waals surface area contributed by atoms with Crippen molar-refractivity contribution >= 4 is 34.0 Å². The van der Waals surface area contributed by atoms with Crippen molar-refractivity contribution in [2.24, 2.45) is 0 Å². The number of nitrogens with one attached hydrogen (secondary N) is 1. The van der Waals surface area contributed by atoms with E-state index in [-0.39, 0.29) is 17.9 Å². The van der Waals surface area contributed by atoms with Gasteiger partial charge in [0.05, 0.1) is 17.8 Å². The highest BCUT2D eigenvalue weighted by Crippen LogP contribution is 2.27. The van der Waals surface area contributed by atoms with Crippen molar-refractivity contribution in [1.29, 1.82) is 0 Å². The lowest BCUT2D eigenvalue weighted by atomic mass is 10.1. The molecule has 0 aliphatic rings. The van der Waals surface area contributed by atoms with Gasteiger partial charge in [-0.05, 0) is 37.4 Å². The number of hydrogen-bond acceptors (Lipinski definition) is 5. The number of anilines is 2. The Kier molecular flexibility index (Phi) is 4.50. The molecule has 4 N–H and O–H groups in total. The molecule has 0 amide bonds. The summed E-state index contributed by atoms with van der Waals surface area (Å²) in [7, 11) is 0. The monoisotopic (exact) mass is 277 g/mol. The van der Waals surface area contributed by atoms with Crippen molar-refractivity contribution in [3.05, 3.63) is 30.5 Å². The Hall–Kier alpha value is -1.46. The molecule has 0 saturated heterocycles. The Bertz CT molecular complexity index is 557. The number of pyridine rings is 1. The quantitative estimate of drug-likeness (QED) is 0.732. The highest BCUT2D eigenvalue weighted by atomic mass is 32.2. The van der Waals surface area contributed by atoms with E-state index in [4.69, 9.17) is 5.73 Å². The van der Waals surface area contributed by atoms with E-state index in [1.54, 1.807) is 18.0 Å². The predicted octanol–water partition coefficient (Wildman–Crippen LogP) is 2.34. The fourth-order valence-electron chi connectivity index (χ4n) is 2.10. The SMILES string of the molecule is CSC(CO)C(C)Nc1ccc(N)c2ncccc12. The molecular formula is C14H19N3OS. The van der Waals surface area contributed by atoms with Crippen LogP contribution in [-0.2, 0) is 0 Å². The minimum Gasteiger partial charge on any atom is -0.397 e. The summed E-state index contributed by atoms with van der Waals surface area (Å²) in [4.78, 5) is 4.31. The Morgan fingerprint density at radius 2 is 2.21 bits per heavy atom. The van der Waals surface area contributed by atoms with Crippen LogP contribution in [0.1, 0.15) is 6.92 Å². The van der Waals surface area contributed by atoms with E-state index in [1.165, 1.54) is 0 Å². The van der Waals surface area contributed by atoms with Crippen LogP contribution in [0.4, 0.5) is 11.4 Å². The van der Waals surface area contributed by atoms with Gasteiger partial charge in [0.15, 0.2) is 0 Å². The first kappa shape index (κ1) is 14.0. The summed E-state index contributed by atoms with van der Waals surface area (Å²) in [5.41, 5.74) is 8.42. The normalized spacial score (nSPS) is 14.3. The summed E-state index contributed by atoms with van der Waals surface area (Å²) >= 11 is 1.65. The van der Waals surface area contributed by atoms with Crippen LogP contribution in [0.25, 0.3) is 10.9 Å². The smallest absolute Gasteiger partial charge is 0.0951 e. The van der Waals surface area contributed by atoms with E-state index < -0.39 is 0 Å². The molecule has 0 aliphatic carbocycles. The van der Waals surface area contributed by atoms with Crippen LogP contribution in [0.2, 0.25) is 0 Å². The Morgan fingerprint density at radius 1 is 1.42 bits per heavy atom. The van der Waals surface area contributed by atoms with Gasteiger partial charge in [0, 0.05) is 28.6 Å². The van der Waals surface area contributed by atoms with Gasteiger partial charge in [-0.2, -0.15) is 11.8 Å². The molecule has 0 spiro atoms. The minimum atomic E-state index is 0.153. The molecule has 2 aromatic rings. The average molecular weight is 277 g/mol. The number of aliphatic hydroxyl groups excluding tert-OH is 1. The second-order valence-electron chi connectivity index (χ2n) is 4.49. The molecular weight excluding hydrogens is 258 g/mol. The van der Waals surface area contributed by atoms with E-state index in [0.29, 0.717) is 5.69 Å². The lowest BCUT2D eigenvalue weighted by molar-refractivity contribution is 0.288. The molecule has 0 radical (unpaired) electrons. The molecule has 0 fully saturated rings. The molecule has 5 heteroatoms. The molecule has 0 saturated carbocycles. The van der Waals surface area contributed by atoms with Gasteiger partial charge in [-0.25, -0.2) is 0 Å². The number of nitrogens with zero attached hydrogens (tertiary/aromatic N) is 1. The topological polar surface area (TPSA) is 71.2 Å². The summed E-state index contributed by atoms with van der Waals surface area (Å²) in [6.45, 7) is 2.22. The maximum absolute atomic E-state index is 9.34. The van der Waals surface area contributed by atoms with E-state index in [9.17, 15) is 5.11 Å². The molecule has 2 unspecified atom stereocenters. The van der Waals surface area contributed by atoms with Gasteiger partial charge in [-0.15, -0.1) is 0 Å². The third-order valence-corrected chi connectivity index (χ3v) is 4.39. The third-order valence-electron chi connectivity index (χ3n) is 3.22. The summed E-state index contributed by atoms with van der Waals surface area (Å²) in [5.74, 6) is 0. The molecule has 1 aromatic carbocycles. The predicted molar refractivity (Wildman–Crippen MR) is 83.6 cm³/mol. The van der Waals surface area contributed by atoms with Gasteiger partial charge in [0.25, 0.3) is 0 Å². The molecule has 1 heterocycles. The van der Waals surface area contributed by atoms with Crippen LogP contribution in [0.5, 0.6) is 0 Å². The minimum absolute atomic E-state index is 0.153. The third kappa shape index (κ3) is 2.93. The molecule has 4 nitrogen and oxygen atoms in total. The van der Waals surface area contributed by atoms with Crippen molar-refractivity contribution < 1.29 is 5.11 Å². The molecule has 0 aliphatic heterocycles. The summed E-state index contributed by atoms with van der Waals surface area (Å²) in [6, 6.07) is 7.88. The Labute approximate surface area is 117 Å². The van der Waals surface area contributed by atoms with Gasteiger partial charge < -0.3 is 16.2 Å². The van der Waals surface area contributed by atoms with Crippen molar-refractivity contribution in [3.63, 3.8) is 0 Å². The molecule has 2 atom stereocenters. The zero-order valence-corrected chi connectivity index (χ0v) is 11.9. The van der Waals surface area contributed by atoms with Gasteiger partial charge in [0.1, 0.15) is 0 Å². The molecule has 2 rings (SSSR count). The first-order chi connectivity index (χ1) is 9.17. The number of nitrogen functional groups attached to an aromatic ring is 1. The maximum Gasteiger partial charge on any atom is 0.0951 e. The lowest BCUT2D eigenvalue weighted by Crippen LogP contribution is -2.31. The van der Waals surface area contributed by atoms with Gasteiger partial charge >= 0.3 is 0 Å². The fourth-order valence-corrected chi connectivity index (χ4v) is 2.72. The van der Waals surface area contributed by atoms with Crippen molar-refractivity contribution in [1.82, 2.24) is 4.98 Å². The first-order valence-electron chi connectivity index (χ1n) is 6.20. The fraction of sp³-hybridized carbons (Fsp3) is 0.357. The van der Waals surface area contributed by atoms with Gasteiger partial charge in [-0.3, -0.25) is 4.98 Å². The molecule has 0 bridgehead atoms. The van der Waals surface area contributed by atoms with Crippen LogP contribution >= 0.6 is 11.8 Å². The number of thioether (sulfide) groups is 1. The Morgan fingerprint density at radius 3 is 2.89 bits per heavy atom. The average Bonchev–Trinajstić information content (AvgIpc) is 2.44.